The molecule has 0 aliphatic carbocycles. The van der Waals surface area contributed by atoms with Gasteiger partial charge in [-0.25, -0.2) is 0 Å². The molecule has 0 saturated heterocycles. The lowest BCUT2D eigenvalue weighted by atomic mass is 10.1. The number of amides is 1. The minimum Gasteiger partial charge on any atom is -0.490 e. The topological polar surface area (TPSA) is 87.7 Å². The maximum Gasteiger partial charge on any atom is 0.221 e. The molecule has 0 heterocycles. The van der Waals surface area contributed by atoms with Crippen LogP contribution in [0.1, 0.15) is 38.1 Å². The number of rotatable bonds is 8. The number of halogens is 1. The molecule has 130 valence electrons. The van der Waals surface area contributed by atoms with Crippen LogP contribution in [-0.2, 0) is 4.79 Å². The number of aliphatic hydroxyl groups excluding tert-OH is 1. The Morgan fingerprint density at radius 1 is 1.26 bits per heavy atom. The van der Waals surface area contributed by atoms with Gasteiger partial charge in [0.1, 0.15) is 18.5 Å². The fourth-order valence-electron chi connectivity index (χ4n) is 1.83. The first-order valence-electron chi connectivity index (χ1n) is 7.26. The van der Waals surface area contributed by atoms with Crippen molar-refractivity contribution >= 4 is 29.8 Å². The van der Waals surface area contributed by atoms with Crippen molar-refractivity contribution in [1.29, 1.82) is 0 Å². The van der Waals surface area contributed by atoms with Crippen molar-refractivity contribution in [3.8, 4) is 5.75 Å². The molecule has 0 saturated carbocycles. The average Bonchev–Trinajstić information content (AvgIpc) is 2.42. The lowest BCUT2D eigenvalue weighted by Crippen LogP contribution is -2.35. The summed E-state index contributed by atoms with van der Waals surface area (Å²) in [6.07, 6.45) is -0.669. The highest BCUT2D eigenvalue weighted by atomic mass is 35.5. The minimum atomic E-state index is -0.669. The predicted molar refractivity (Wildman–Crippen MR) is 92.6 cm³/mol. The van der Waals surface area contributed by atoms with Crippen molar-refractivity contribution in [2.75, 3.05) is 18.5 Å². The first-order chi connectivity index (χ1) is 10.3. The average molecular weight is 345 g/mol. The van der Waals surface area contributed by atoms with Gasteiger partial charge in [0.15, 0.2) is 5.78 Å². The van der Waals surface area contributed by atoms with Crippen LogP contribution in [-0.4, -0.2) is 42.1 Å². The Morgan fingerprint density at radius 3 is 2.43 bits per heavy atom. The molecule has 1 aromatic carbocycles. The van der Waals surface area contributed by atoms with Crippen LogP contribution in [0.15, 0.2) is 18.2 Å². The van der Waals surface area contributed by atoms with Gasteiger partial charge in [0.25, 0.3) is 0 Å². The van der Waals surface area contributed by atoms with Gasteiger partial charge in [-0.2, -0.15) is 0 Å². The van der Waals surface area contributed by atoms with Gasteiger partial charge in [-0.05, 0) is 25.1 Å². The SMILES string of the molecule is CC(=O)Nc1ccc(OC[C@H](O)CNC(C)C)c(C(C)=O)c1.Cl. The maximum absolute atomic E-state index is 11.7. The Bertz CT molecular complexity index is 535. The molecule has 23 heavy (non-hydrogen) atoms. The fraction of sp³-hybridized carbons (Fsp3) is 0.500. The second-order valence-corrected chi connectivity index (χ2v) is 5.48. The molecule has 0 fully saturated rings. The van der Waals surface area contributed by atoms with Crippen LogP contribution < -0.4 is 15.4 Å². The number of ether oxygens (including phenoxy) is 1. The van der Waals surface area contributed by atoms with Crippen molar-refractivity contribution in [3.05, 3.63) is 23.8 Å². The third-order valence-corrected chi connectivity index (χ3v) is 2.87. The number of carbonyl (C=O) groups excluding carboxylic acids is 2. The normalized spacial score (nSPS) is 11.6. The number of benzene rings is 1. The monoisotopic (exact) mass is 344 g/mol. The van der Waals surface area contributed by atoms with E-state index in [4.69, 9.17) is 4.74 Å². The van der Waals surface area contributed by atoms with E-state index in [1.165, 1.54) is 13.8 Å². The van der Waals surface area contributed by atoms with Gasteiger partial charge in [-0.1, -0.05) is 13.8 Å². The van der Waals surface area contributed by atoms with Crippen LogP contribution in [0.3, 0.4) is 0 Å². The molecule has 0 radical (unpaired) electrons. The van der Waals surface area contributed by atoms with Crippen LogP contribution in [0, 0.1) is 0 Å². The molecule has 0 aromatic heterocycles. The zero-order valence-corrected chi connectivity index (χ0v) is 14.7. The van der Waals surface area contributed by atoms with E-state index in [2.05, 4.69) is 10.6 Å². The summed E-state index contributed by atoms with van der Waals surface area (Å²) in [5.74, 6) is 0.0144. The van der Waals surface area contributed by atoms with Crippen LogP contribution >= 0.6 is 12.4 Å². The van der Waals surface area contributed by atoms with Gasteiger partial charge in [-0.15, -0.1) is 12.4 Å². The van der Waals surface area contributed by atoms with E-state index in [9.17, 15) is 14.7 Å². The number of hydrogen-bond donors (Lipinski definition) is 3. The summed E-state index contributed by atoms with van der Waals surface area (Å²) in [5.41, 5.74) is 0.905. The van der Waals surface area contributed by atoms with E-state index < -0.39 is 6.10 Å². The predicted octanol–water partition coefficient (Wildman–Crippen LogP) is 2.01. The largest absolute Gasteiger partial charge is 0.490 e. The van der Waals surface area contributed by atoms with E-state index in [0.29, 0.717) is 23.5 Å². The number of nitrogens with one attached hydrogen (secondary N) is 2. The van der Waals surface area contributed by atoms with Gasteiger partial charge in [0, 0.05) is 25.2 Å². The van der Waals surface area contributed by atoms with E-state index in [1.54, 1.807) is 18.2 Å². The first kappa shape index (κ1) is 21.4. The smallest absolute Gasteiger partial charge is 0.221 e. The number of hydrogen-bond acceptors (Lipinski definition) is 5. The fourth-order valence-corrected chi connectivity index (χ4v) is 1.83. The van der Waals surface area contributed by atoms with Gasteiger partial charge >= 0.3 is 0 Å². The van der Waals surface area contributed by atoms with Crippen molar-refractivity contribution in [1.82, 2.24) is 5.32 Å². The molecule has 1 amide bonds. The molecule has 0 bridgehead atoms. The Labute approximate surface area is 143 Å². The van der Waals surface area contributed by atoms with Crippen molar-refractivity contribution in [2.45, 2.75) is 39.8 Å². The summed E-state index contributed by atoms with van der Waals surface area (Å²) in [7, 11) is 0. The molecule has 0 aliphatic heterocycles. The molecule has 1 rings (SSSR count). The molecular formula is C16H25ClN2O4. The molecule has 1 aromatic rings. The summed E-state index contributed by atoms with van der Waals surface area (Å²) in [5, 5.41) is 15.6. The van der Waals surface area contributed by atoms with Gasteiger partial charge < -0.3 is 20.5 Å². The lowest BCUT2D eigenvalue weighted by Gasteiger charge is -2.16. The second kappa shape index (κ2) is 10.2. The quantitative estimate of drug-likeness (QED) is 0.628. The van der Waals surface area contributed by atoms with E-state index in [1.807, 2.05) is 13.8 Å². The Hall–Kier alpha value is -1.63. The maximum atomic E-state index is 11.7. The standard InChI is InChI=1S/C16H24N2O4.ClH/c1-10(2)17-8-14(21)9-22-16-6-5-13(18-12(4)20)7-15(16)11(3)19;/h5-7,10,14,17,21H,8-9H2,1-4H3,(H,18,20);1H/t14-;/m1./s1. The van der Waals surface area contributed by atoms with Crippen LogP contribution in [0.2, 0.25) is 0 Å². The zero-order valence-electron chi connectivity index (χ0n) is 13.9. The summed E-state index contributed by atoms with van der Waals surface area (Å²) in [6.45, 7) is 7.30. The van der Waals surface area contributed by atoms with Crippen molar-refractivity contribution in [2.24, 2.45) is 0 Å². The number of carbonyl (C=O) groups is 2. The van der Waals surface area contributed by atoms with Crippen molar-refractivity contribution in [3.63, 3.8) is 0 Å². The summed E-state index contributed by atoms with van der Waals surface area (Å²) >= 11 is 0. The first-order valence-corrected chi connectivity index (χ1v) is 7.26. The zero-order chi connectivity index (χ0) is 16.7. The minimum absolute atomic E-state index is 0. The highest BCUT2D eigenvalue weighted by Crippen LogP contribution is 2.23. The van der Waals surface area contributed by atoms with Crippen LogP contribution in [0.5, 0.6) is 5.75 Å². The van der Waals surface area contributed by atoms with Crippen LogP contribution in [0.4, 0.5) is 5.69 Å². The number of ketones is 1. The van der Waals surface area contributed by atoms with Gasteiger partial charge in [-0.3, -0.25) is 9.59 Å². The molecule has 0 aliphatic rings. The van der Waals surface area contributed by atoms with Gasteiger partial charge in [0.2, 0.25) is 5.91 Å². The summed E-state index contributed by atoms with van der Waals surface area (Å²) in [4.78, 5) is 22.8. The Morgan fingerprint density at radius 2 is 1.91 bits per heavy atom. The Kier molecular flexibility index (Phi) is 9.48. The molecule has 6 nitrogen and oxygen atoms in total. The van der Waals surface area contributed by atoms with E-state index >= 15 is 0 Å². The van der Waals surface area contributed by atoms with E-state index in [0.717, 1.165) is 0 Å². The van der Waals surface area contributed by atoms with E-state index in [-0.39, 0.29) is 36.7 Å². The van der Waals surface area contributed by atoms with Crippen LogP contribution in [0.25, 0.3) is 0 Å². The molecule has 0 unspecified atom stereocenters. The van der Waals surface area contributed by atoms with Gasteiger partial charge in [0.05, 0.1) is 5.56 Å². The molecular weight excluding hydrogens is 320 g/mol. The summed E-state index contributed by atoms with van der Waals surface area (Å²) in [6, 6.07) is 5.11. The number of anilines is 1. The molecule has 3 N–H and O–H groups in total. The van der Waals surface area contributed by atoms with Crippen molar-refractivity contribution < 1.29 is 19.4 Å². The third-order valence-electron chi connectivity index (χ3n) is 2.87. The Balaban J connectivity index is 0.00000484. The third kappa shape index (κ3) is 7.97. The second-order valence-electron chi connectivity index (χ2n) is 5.48. The number of Topliss-reactive ketones (excluding diaryl/α,β-unsaturated/α-hetero) is 1. The molecule has 1 atom stereocenters. The lowest BCUT2D eigenvalue weighted by molar-refractivity contribution is -0.114. The summed E-state index contributed by atoms with van der Waals surface area (Å²) < 4.78 is 5.53. The highest BCUT2D eigenvalue weighted by Gasteiger charge is 2.13. The highest BCUT2D eigenvalue weighted by molar-refractivity contribution is 5.99. The number of aliphatic hydroxyl groups is 1. The molecule has 0 spiro atoms. The molecule has 7 heteroatoms.